The zero-order valence-corrected chi connectivity index (χ0v) is 16.0. The largest absolute Gasteiger partial charge is 0.490 e. The molecule has 2 aliphatic heterocycles. The van der Waals surface area contributed by atoms with Crippen LogP contribution in [0.15, 0.2) is 17.3 Å². The number of aliphatic imine (C=N–C) groups is 1. The molecule has 156 valence electrons. The third-order valence-electron chi connectivity index (χ3n) is 3.15. The van der Waals surface area contributed by atoms with E-state index < -0.39 is 48.6 Å². The third kappa shape index (κ3) is 7.33. The van der Waals surface area contributed by atoms with Gasteiger partial charge in [-0.3, -0.25) is 4.52 Å². The molecule has 0 amide bonds. The molecule has 27 heavy (non-hydrogen) atoms. The molecule has 0 aliphatic carbocycles. The topological polar surface area (TPSA) is 211 Å². The summed E-state index contributed by atoms with van der Waals surface area (Å²) in [5, 5.41) is 0. The van der Waals surface area contributed by atoms with E-state index >= 15 is 0 Å². The van der Waals surface area contributed by atoms with Crippen LogP contribution in [0, 0.1) is 0 Å². The minimum Gasteiger partial charge on any atom is -0.384 e. The summed E-state index contributed by atoms with van der Waals surface area (Å²) < 4.78 is 64.3. The third-order valence-corrected chi connectivity index (χ3v) is 6.95. The average molecular weight is 455 g/mol. The fraction of sp³-hybridized carbons (Fsp3) is 0.667. The van der Waals surface area contributed by atoms with E-state index in [4.69, 9.17) is 25.2 Å². The van der Waals surface area contributed by atoms with Gasteiger partial charge < -0.3 is 34.9 Å². The Hall–Kier alpha value is -0.690. The monoisotopic (exact) mass is 455 g/mol. The van der Waals surface area contributed by atoms with E-state index in [0.29, 0.717) is 0 Å². The Morgan fingerprint density at radius 3 is 2.48 bits per heavy atom. The number of hydrogen-bond donors (Lipinski definition) is 5. The van der Waals surface area contributed by atoms with Gasteiger partial charge in [-0.25, -0.2) is 23.1 Å². The van der Waals surface area contributed by atoms with Crippen LogP contribution < -0.4 is 5.73 Å². The molecule has 2 heterocycles. The average Bonchev–Trinajstić information content (AvgIpc) is 2.83. The Kier molecular flexibility index (Phi) is 6.99. The smallest absolute Gasteiger partial charge is 0.384 e. The highest BCUT2D eigenvalue weighted by Gasteiger charge is 2.43. The number of nitrogens with two attached hydrogens (primary N) is 1. The molecule has 0 aromatic rings. The molecule has 0 aromatic carbocycles. The highest BCUT2D eigenvalue weighted by molar-refractivity contribution is 7.66. The molecule has 0 saturated carbocycles. The Morgan fingerprint density at radius 2 is 1.93 bits per heavy atom. The first-order valence-corrected chi connectivity index (χ1v) is 11.6. The molecular formula is C9H17FN3O11P3. The molecule has 5 atom stereocenters. The van der Waals surface area contributed by atoms with Crippen LogP contribution in [0.1, 0.15) is 6.42 Å². The van der Waals surface area contributed by atoms with Crippen molar-refractivity contribution in [2.24, 2.45) is 10.7 Å². The predicted octanol–water partition coefficient (Wildman–Crippen LogP) is -0.0732. The van der Waals surface area contributed by atoms with Crippen LogP contribution in [0.5, 0.6) is 0 Å². The lowest BCUT2D eigenvalue weighted by molar-refractivity contribution is -0.0647. The number of phosphoric ester groups is 1. The first-order valence-electron chi connectivity index (χ1n) is 7.08. The molecule has 1 fully saturated rings. The lowest BCUT2D eigenvalue weighted by atomic mass is 10.2. The fourth-order valence-electron chi connectivity index (χ4n) is 2.18. The lowest BCUT2D eigenvalue weighted by Gasteiger charge is -2.28. The summed E-state index contributed by atoms with van der Waals surface area (Å²) in [6.45, 7) is -0.681. The molecule has 6 N–H and O–H groups in total. The van der Waals surface area contributed by atoms with Gasteiger partial charge in [-0.2, -0.15) is 8.62 Å². The first-order chi connectivity index (χ1) is 12.3. The van der Waals surface area contributed by atoms with Crippen molar-refractivity contribution in [3.8, 4) is 0 Å². The molecule has 0 spiro atoms. The summed E-state index contributed by atoms with van der Waals surface area (Å²) in [6, 6.07) is 0. The Bertz CT molecular complexity index is 757. The normalized spacial score (nSPS) is 30.6. The molecular weight excluding hydrogens is 438 g/mol. The van der Waals surface area contributed by atoms with Gasteiger partial charge in [0, 0.05) is 12.6 Å². The van der Waals surface area contributed by atoms with Gasteiger partial charge in [0.1, 0.15) is 18.7 Å². The molecule has 5 unspecified atom stereocenters. The molecule has 0 aromatic heterocycles. The van der Waals surface area contributed by atoms with Crippen molar-refractivity contribution in [2.75, 3.05) is 13.3 Å². The zero-order valence-electron chi connectivity index (χ0n) is 13.3. The van der Waals surface area contributed by atoms with E-state index in [-0.39, 0.29) is 18.9 Å². The second-order valence-corrected chi connectivity index (χ2v) is 9.76. The van der Waals surface area contributed by atoms with E-state index in [9.17, 15) is 23.0 Å². The van der Waals surface area contributed by atoms with E-state index in [1.54, 1.807) is 0 Å². The van der Waals surface area contributed by atoms with E-state index in [2.05, 4.69) is 18.1 Å². The number of phosphoric acid groups is 3. The van der Waals surface area contributed by atoms with Crippen molar-refractivity contribution in [2.45, 2.75) is 24.9 Å². The van der Waals surface area contributed by atoms with Crippen LogP contribution in [0.2, 0.25) is 0 Å². The fourth-order valence-corrected chi connectivity index (χ4v) is 5.23. The molecule has 1 saturated heterocycles. The van der Waals surface area contributed by atoms with Gasteiger partial charge >= 0.3 is 23.5 Å². The Morgan fingerprint density at radius 1 is 1.26 bits per heavy atom. The van der Waals surface area contributed by atoms with Crippen molar-refractivity contribution in [3.63, 3.8) is 0 Å². The number of amidine groups is 1. The summed E-state index contributed by atoms with van der Waals surface area (Å²) in [7, 11) is -16.4. The molecule has 14 nitrogen and oxygen atoms in total. The van der Waals surface area contributed by atoms with Crippen LogP contribution in [0.4, 0.5) is 4.39 Å². The lowest BCUT2D eigenvalue weighted by Crippen LogP contribution is -2.39. The number of hydrogen-bond acceptors (Lipinski definition) is 10. The number of nitrogens with zero attached hydrogens (tertiary/aromatic N) is 2. The van der Waals surface area contributed by atoms with Crippen LogP contribution >= 0.6 is 23.5 Å². The van der Waals surface area contributed by atoms with Crippen molar-refractivity contribution >= 4 is 29.3 Å². The van der Waals surface area contributed by atoms with Gasteiger partial charge in [0.25, 0.3) is 0 Å². The number of halogens is 1. The van der Waals surface area contributed by atoms with Crippen molar-refractivity contribution in [3.05, 3.63) is 12.3 Å². The maximum absolute atomic E-state index is 14.1. The summed E-state index contributed by atoms with van der Waals surface area (Å²) in [6.07, 6.45) is -0.925. The van der Waals surface area contributed by atoms with Crippen LogP contribution in [-0.4, -0.2) is 62.1 Å². The van der Waals surface area contributed by atoms with E-state index in [0.717, 1.165) is 0 Å². The van der Waals surface area contributed by atoms with E-state index in [1.165, 1.54) is 17.2 Å². The van der Waals surface area contributed by atoms with Crippen LogP contribution in [0.3, 0.4) is 0 Å². The van der Waals surface area contributed by atoms with E-state index in [1.807, 2.05) is 0 Å². The summed E-state index contributed by atoms with van der Waals surface area (Å²) in [4.78, 5) is 40.5. The minimum absolute atomic E-state index is 0.0377. The Labute approximate surface area is 151 Å². The van der Waals surface area contributed by atoms with Crippen LogP contribution in [0.25, 0.3) is 0 Å². The highest BCUT2D eigenvalue weighted by Crippen LogP contribution is 2.66. The summed E-state index contributed by atoms with van der Waals surface area (Å²) >= 11 is 0. The van der Waals surface area contributed by atoms with Crippen molar-refractivity contribution in [1.82, 2.24) is 4.90 Å². The van der Waals surface area contributed by atoms with Gasteiger partial charge in [-0.05, 0) is 6.08 Å². The number of ether oxygens (including phenoxy) is 1. The minimum atomic E-state index is -5.61. The number of alkyl halides is 1. The van der Waals surface area contributed by atoms with Gasteiger partial charge in [-0.15, -0.1) is 0 Å². The zero-order chi connectivity index (χ0) is 20.5. The van der Waals surface area contributed by atoms with Gasteiger partial charge in [0.15, 0.2) is 6.23 Å². The van der Waals surface area contributed by atoms with Crippen LogP contribution in [-0.2, 0) is 31.6 Å². The second kappa shape index (κ2) is 8.36. The predicted molar refractivity (Wildman–Crippen MR) is 85.5 cm³/mol. The molecule has 2 rings (SSSR count). The highest BCUT2D eigenvalue weighted by atomic mass is 31.3. The van der Waals surface area contributed by atoms with Gasteiger partial charge in [0.05, 0.1) is 12.7 Å². The first kappa shape index (κ1) is 22.6. The maximum Gasteiger partial charge on any atom is 0.490 e. The molecule has 0 radical (unpaired) electrons. The quantitative estimate of drug-likeness (QED) is 0.304. The summed E-state index contributed by atoms with van der Waals surface area (Å²) in [5.74, 6) is 0.254. The van der Waals surface area contributed by atoms with Gasteiger partial charge in [0.2, 0.25) is 0 Å². The number of rotatable bonds is 8. The second-order valence-electron chi connectivity index (χ2n) is 5.34. The molecule has 18 heteroatoms. The molecule has 2 aliphatic rings. The SMILES string of the molecule is NC1=NCN(C2OC(COP(=O)(O)OP(=O)(O)OP(=O)(O)O)CC2F)C=C1. The Balaban J connectivity index is 1.87. The maximum atomic E-state index is 14.1. The van der Waals surface area contributed by atoms with Crippen molar-refractivity contribution < 1.29 is 55.5 Å². The summed E-state index contributed by atoms with van der Waals surface area (Å²) in [5.41, 5.74) is 5.45. The van der Waals surface area contributed by atoms with Gasteiger partial charge in [-0.1, -0.05) is 0 Å². The van der Waals surface area contributed by atoms with Crippen molar-refractivity contribution in [1.29, 1.82) is 0 Å². The standard InChI is InChI=1S/C9H17FN3O11P3/c10-7-3-6(22-9(7)13-2-1-8(11)12-5-13)4-21-26(17,18)24-27(19,20)23-25(14,15)16/h1-2,6-7,9H,3-5H2,(H2,11,12)(H,17,18)(H,19,20)(H2,14,15,16). The molecule has 0 bridgehead atoms.